The zero-order valence-corrected chi connectivity index (χ0v) is 14.7. The molecule has 1 unspecified atom stereocenters. The van der Waals surface area contributed by atoms with E-state index in [4.69, 9.17) is 4.74 Å². The van der Waals surface area contributed by atoms with Crippen molar-refractivity contribution in [2.45, 2.75) is 13.0 Å². The number of halogens is 2. The molecule has 0 aliphatic rings. The summed E-state index contributed by atoms with van der Waals surface area (Å²) in [7, 11) is 1.97. The third-order valence-corrected chi connectivity index (χ3v) is 5.21. The smallest absolute Gasteiger partial charge is 0.124 e. The summed E-state index contributed by atoms with van der Waals surface area (Å²) in [6.45, 7) is 2.66. The van der Waals surface area contributed by atoms with Crippen LogP contribution in [0.2, 0.25) is 0 Å². The first-order valence-corrected chi connectivity index (χ1v) is 8.46. The minimum absolute atomic E-state index is 0.119. The van der Waals surface area contributed by atoms with Crippen molar-refractivity contribution < 1.29 is 4.74 Å². The Bertz CT molecular complexity index is 556. The van der Waals surface area contributed by atoms with Crippen molar-refractivity contribution in [3.8, 4) is 5.75 Å². The van der Waals surface area contributed by atoms with Gasteiger partial charge in [-0.25, -0.2) is 0 Å². The highest BCUT2D eigenvalue weighted by Crippen LogP contribution is 2.37. The number of benzene rings is 1. The lowest BCUT2D eigenvalue weighted by molar-refractivity contribution is 0.334. The molecule has 102 valence electrons. The standard InChI is InChI=1S/C14H15Br2NOS/c1-3-18-12-5-4-9(15)8-10(12)13(17-2)14-11(16)6-7-19-14/h4-8,13,17H,3H2,1-2H3. The number of rotatable bonds is 5. The molecule has 1 N–H and O–H groups in total. The summed E-state index contributed by atoms with van der Waals surface area (Å²) in [6, 6.07) is 8.31. The largest absolute Gasteiger partial charge is 0.494 e. The summed E-state index contributed by atoms with van der Waals surface area (Å²) in [6.07, 6.45) is 0. The van der Waals surface area contributed by atoms with E-state index in [1.165, 1.54) is 4.88 Å². The van der Waals surface area contributed by atoms with Crippen molar-refractivity contribution in [1.29, 1.82) is 0 Å². The van der Waals surface area contributed by atoms with Crippen LogP contribution >= 0.6 is 43.2 Å². The summed E-state index contributed by atoms with van der Waals surface area (Å²) in [4.78, 5) is 1.25. The zero-order chi connectivity index (χ0) is 13.8. The van der Waals surface area contributed by atoms with Gasteiger partial charge in [0.25, 0.3) is 0 Å². The van der Waals surface area contributed by atoms with E-state index < -0.39 is 0 Å². The molecule has 0 saturated carbocycles. The van der Waals surface area contributed by atoms with E-state index in [2.05, 4.69) is 54.7 Å². The summed E-state index contributed by atoms with van der Waals surface area (Å²) in [5.74, 6) is 0.922. The molecule has 0 amide bonds. The van der Waals surface area contributed by atoms with Crippen LogP contribution in [0, 0.1) is 0 Å². The van der Waals surface area contributed by atoms with Gasteiger partial charge in [-0.2, -0.15) is 0 Å². The Morgan fingerprint density at radius 3 is 2.68 bits per heavy atom. The Balaban J connectivity index is 2.48. The number of thiophene rings is 1. The zero-order valence-electron chi connectivity index (χ0n) is 10.7. The lowest BCUT2D eigenvalue weighted by Crippen LogP contribution is -2.18. The van der Waals surface area contributed by atoms with Crippen molar-refractivity contribution in [2.75, 3.05) is 13.7 Å². The molecule has 2 nitrogen and oxygen atoms in total. The average Bonchev–Trinajstić information content (AvgIpc) is 2.80. The molecule has 1 atom stereocenters. The highest BCUT2D eigenvalue weighted by molar-refractivity contribution is 9.10. The number of hydrogen-bond acceptors (Lipinski definition) is 3. The molecule has 0 radical (unpaired) electrons. The molecule has 0 bridgehead atoms. The molecule has 2 rings (SSSR count). The molecule has 1 aromatic carbocycles. The quantitative estimate of drug-likeness (QED) is 0.758. The Morgan fingerprint density at radius 2 is 2.11 bits per heavy atom. The fraction of sp³-hybridized carbons (Fsp3) is 0.286. The van der Waals surface area contributed by atoms with Crippen LogP contribution in [-0.2, 0) is 0 Å². The molecular formula is C14H15Br2NOS. The Labute approximate surface area is 134 Å². The maximum absolute atomic E-state index is 5.74. The topological polar surface area (TPSA) is 21.3 Å². The van der Waals surface area contributed by atoms with Gasteiger partial charge in [0.2, 0.25) is 0 Å². The summed E-state index contributed by atoms with van der Waals surface area (Å²) in [5.41, 5.74) is 1.14. The molecule has 0 spiro atoms. The van der Waals surface area contributed by atoms with Gasteiger partial charge >= 0.3 is 0 Å². The average molecular weight is 405 g/mol. The van der Waals surface area contributed by atoms with E-state index in [1.54, 1.807) is 11.3 Å². The lowest BCUT2D eigenvalue weighted by Gasteiger charge is -2.20. The second-order valence-corrected chi connectivity index (χ2v) is 6.69. The minimum atomic E-state index is 0.119. The normalized spacial score (nSPS) is 12.4. The first-order chi connectivity index (χ1) is 9.17. The van der Waals surface area contributed by atoms with Gasteiger partial charge in [0, 0.05) is 19.4 Å². The van der Waals surface area contributed by atoms with Gasteiger partial charge in [-0.1, -0.05) is 15.9 Å². The molecule has 2 aromatic rings. The van der Waals surface area contributed by atoms with Crippen LogP contribution in [0.25, 0.3) is 0 Å². The van der Waals surface area contributed by atoms with Crippen molar-refractivity contribution in [1.82, 2.24) is 5.32 Å². The first-order valence-electron chi connectivity index (χ1n) is 5.99. The predicted molar refractivity (Wildman–Crippen MR) is 88.2 cm³/mol. The molecule has 5 heteroatoms. The van der Waals surface area contributed by atoms with E-state index in [0.717, 1.165) is 20.3 Å². The second-order valence-electron chi connectivity index (χ2n) is 3.97. The maximum Gasteiger partial charge on any atom is 0.124 e. The Morgan fingerprint density at radius 1 is 1.32 bits per heavy atom. The summed E-state index contributed by atoms with van der Waals surface area (Å²) >= 11 is 8.87. The molecule has 0 aliphatic heterocycles. The third-order valence-electron chi connectivity index (χ3n) is 2.78. The van der Waals surface area contributed by atoms with Gasteiger partial charge in [0.15, 0.2) is 0 Å². The van der Waals surface area contributed by atoms with Gasteiger partial charge in [-0.15, -0.1) is 11.3 Å². The minimum Gasteiger partial charge on any atom is -0.494 e. The third kappa shape index (κ3) is 3.40. The van der Waals surface area contributed by atoms with Gasteiger partial charge in [-0.05, 0) is 59.5 Å². The molecule has 19 heavy (non-hydrogen) atoms. The van der Waals surface area contributed by atoms with Crippen LogP contribution in [0.3, 0.4) is 0 Å². The van der Waals surface area contributed by atoms with Crippen LogP contribution in [0.1, 0.15) is 23.4 Å². The number of ether oxygens (including phenoxy) is 1. The summed E-state index contributed by atoms with van der Waals surface area (Å²) < 4.78 is 7.92. The van der Waals surface area contributed by atoms with E-state index >= 15 is 0 Å². The highest BCUT2D eigenvalue weighted by atomic mass is 79.9. The number of hydrogen-bond donors (Lipinski definition) is 1. The van der Waals surface area contributed by atoms with Crippen molar-refractivity contribution in [3.63, 3.8) is 0 Å². The van der Waals surface area contributed by atoms with Gasteiger partial charge < -0.3 is 10.1 Å². The summed E-state index contributed by atoms with van der Waals surface area (Å²) in [5, 5.41) is 5.45. The van der Waals surface area contributed by atoms with Gasteiger partial charge in [0.05, 0.1) is 12.6 Å². The molecule has 0 aliphatic carbocycles. The van der Waals surface area contributed by atoms with E-state index in [-0.39, 0.29) is 6.04 Å². The molecule has 0 fully saturated rings. The first kappa shape index (κ1) is 15.0. The molecule has 1 heterocycles. The fourth-order valence-corrected chi connectivity index (χ4v) is 4.08. The SMILES string of the molecule is CCOc1ccc(Br)cc1C(NC)c1sccc1Br. The fourth-order valence-electron chi connectivity index (χ4n) is 1.97. The number of nitrogens with one attached hydrogen (secondary N) is 1. The molecule has 1 aromatic heterocycles. The van der Waals surface area contributed by atoms with Gasteiger partial charge in [-0.3, -0.25) is 0 Å². The van der Waals surface area contributed by atoms with Crippen LogP contribution in [0.4, 0.5) is 0 Å². The Kier molecular flexibility index (Phi) is 5.45. The lowest BCUT2D eigenvalue weighted by atomic mass is 10.0. The predicted octanol–water partition coefficient (Wildman–Crippen LogP) is 4.98. The van der Waals surface area contributed by atoms with Crippen molar-refractivity contribution in [3.05, 3.63) is 49.0 Å². The Hall–Kier alpha value is -0.360. The van der Waals surface area contributed by atoms with E-state index in [1.807, 2.05) is 26.1 Å². The van der Waals surface area contributed by atoms with Crippen LogP contribution < -0.4 is 10.1 Å². The van der Waals surface area contributed by atoms with Crippen molar-refractivity contribution in [2.24, 2.45) is 0 Å². The van der Waals surface area contributed by atoms with E-state index in [9.17, 15) is 0 Å². The van der Waals surface area contributed by atoms with Crippen molar-refractivity contribution >= 4 is 43.2 Å². The van der Waals surface area contributed by atoms with Crippen LogP contribution in [-0.4, -0.2) is 13.7 Å². The maximum atomic E-state index is 5.74. The van der Waals surface area contributed by atoms with Gasteiger partial charge in [0.1, 0.15) is 5.75 Å². The van der Waals surface area contributed by atoms with Crippen LogP contribution in [0.15, 0.2) is 38.6 Å². The van der Waals surface area contributed by atoms with E-state index in [0.29, 0.717) is 6.61 Å². The molecular weight excluding hydrogens is 390 g/mol. The van der Waals surface area contributed by atoms with Crippen LogP contribution in [0.5, 0.6) is 5.75 Å². The second kappa shape index (κ2) is 6.88. The molecule has 0 saturated heterocycles. The highest BCUT2D eigenvalue weighted by Gasteiger charge is 2.20. The monoisotopic (exact) mass is 403 g/mol.